The highest BCUT2D eigenvalue weighted by Crippen LogP contribution is 2.32. The van der Waals surface area contributed by atoms with Crippen molar-refractivity contribution in [2.45, 2.75) is 39.2 Å². The van der Waals surface area contributed by atoms with Crippen LogP contribution in [-0.4, -0.2) is 19.8 Å². The van der Waals surface area contributed by atoms with E-state index < -0.39 is 0 Å². The van der Waals surface area contributed by atoms with Crippen LogP contribution in [0.1, 0.15) is 43.4 Å². The third-order valence-corrected chi connectivity index (χ3v) is 4.47. The van der Waals surface area contributed by atoms with Gasteiger partial charge < -0.3 is 10.1 Å². The van der Waals surface area contributed by atoms with Gasteiger partial charge in [-0.3, -0.25) is 0 Å². The molecule has 1 aromatic rings. The molecule has 1 aliphatic heterocycles. The first-order chi connectivity index (χ1) is 9.22. The van der Waals surface area contributed by atoms with Crippen molar-refractivity contribution in [3.8, 4) is 0 Å². The van der Waals surface area contributed by atoms with Crippen molar-refractivity contribution in [1.82, 2.24) is 5.32 Å². The fraction of sp³-hybridized carbons (Fsp3) is 0.625. The van der Waals surface area contributed by atoms with Crippen LogP contribution in [0.25, 0.3) is 0 Å². The van der Waals surface area contributed by atoms with Gasteiger partial charge in [0.15, 0.2) is 0 Å². The van der Waals surface area contributed by atoms with E-state index in [1.807, 2.05) is 0 Å². The van der Waals surface area contributed by atoms with Gasteiger partial charge in [-0.2, -0.15) is 0 Å². The minimum absolute atomic E-state index is 0.362. The van der Waals surface area contributed by atoms with Crippen LogP contribution in [0.4, 0.5) is 0 Å². The fourth-order valence-electron chi connectivity index (χ4n) is 2.82. The number of halogens is 1. The summed E-state index contributed by atoms with van der Waals surface area (Å²) in [6.07, 6.45) is 3.50. The van der Waals surface area contributed by atoms with Crippen LogP contribution in [-0.2, 0) is 4.74 Å². The topological polar surface area (TPSA) is 21.3 Å². The molecule has 1 aromatic carbocycles. The maximum Gasteiger partial charge on any atom is 0.0482 e. The van der Waals surface area contributed by atoms with Crippen molar-refractivity contribution >= 4 is 11.6 Å². The van der Waals surface area contributed by atoms with Gasteiger partial charge in [-0.05, 0) is 49.8 Å². The van der Waals surface area contributed by atoms with Crippen molar-refractivity contribution in [1.29, 1.82) is 0 Å². The third kappa shape index (κ3) is 3.95. The van der Waals surface area contributed by atoms with Gasteiger partial charge >= 0.3 is 0 Å². The molecule has 1 atom stereocenters. The number of ether oxygens (including phenoxy) is 1. The van der Waals surface area contributed by atoms with Crippen LogP contribution >= 0.6 is 11.6 Å². The quantitative estimate of drug-likeness (QED) is 0.877. The zero-order chi connectivity index (χ0) is 13.7. The Morgan fingerprint density at radius 3 is 2.79 bits per heavy atom. The third-order valence-electron chi connectivity index (χ3n) is 3.96. The summed E-state index contributed by atoms with van der Waals surface area (Å²) < 4.78 is 5.44. The number of benzene rings is 1. The average Bonchev–Trinajstić information content (AvgIpc) is 2.43. The lowest BCUT2D eigenvalue weighted by Crippen LogP contribution is -2.26. The lowest BCUT2D eigenvalue weighted by molar-refractivity contribution is 0.0606. The Labute approximate surface area is 121 Å². The van der Waals surface area contributed by atoms with E-state index in [0.29, 0.717) is 6.04 Å². The van der Waals surface area contributed by atoms with Crippen LogP contribution in [0.2, 0.25) is 5.02 Å². The molecule has 0 aromatic heterocycles. The van der Waals surface area contributed by atoms with E-state index in [9.17, 15) is 0 Å². The van der Waals surface area contributed by atoms with Gasteiger partial charge in [0.2, 0.25) is 0 Å². The van der Waals surface area contributed by atoms with Crippen molar-refractivity contribution in [2.24, 2.45) is 5.92 Å². The molecular weight excluding hydrogens is 258 g/mol. The molecule has 1 fully saturated rings. The zero-order valence-electron chi connectivity index (χ0n) is 11.9. The Morgan fingerprint density at radius 1 is 1.37 bits per heavy atom. The van der Waals surface area contributed by atoms with Crippen LogP contribution in [0.3, 0.4) is 0 Å². The average molecular weight is 282 g/mol. The molecule has 0 amide bonds. The lowest BCUT2D eigenvalue weighted by Gasteiger charge is -2.28. The molecule has 0 radical (unpaired) electrons. The molecule has 1 aliphatic rings. The summed E-state index contributed by atoms with van der Waals surface area (Å²) in [7, 11) is 0. The summed E-state index contributed by atoms with van der Waals surface area (Å²) in [5.74, 6) is 0.745. The van der Waals surface area contributed by atoms with Crippen LogP contribution in [0, 0.1) is 12.8 Å². The highest BCUT2D eigenvalue weighted by molar-refractivity contribution is 6.32. The molecule has 0 saturated carbocycles. The minimum Gasteiger partial charge on any atom is -0.381 e. The van der Waals surface area contributed by atoms with Gasteiger partial charge in [0.1, 0.15) is 0 Å². The highest BCUT2D eigenvalue weighted by Gasteiger charge is 2.21. The second-order valence-electron chi connectivity index (χ2n) is 5.38. The van der Waals surface area contributed by atoms with Crippen LogP contribution in [0.5, 0.6) is 0 Å². The SMILES string of the molecule is CCNC(CC1CCOCC1)c1cccc(C)c1Cl. The number of nitrogens with one attached hydrogen (secondary N) is 1. The summed E-state index contributed by atoms with van der Waals surface area (Å²) in [6, 6.07) is 6.69. The molecular formula is C16H24ClNO. The molecule has 1 heterocycles. The lowest BCUT2D eigenvalue weighted by atomic mass is 9.89. The van der Waals surface area contributed by atoms with E-state index in [-0.39, 0.29) is 0 Å². The summed E-state index contributed by atoms with van der Waals surface area (Å²) >= 11 is 6.48. The second-order valence-corrected chi connectivity index (χ2v) is 5.76. The molecule has 0 bridgehead atoms. The molecule has 1 N–H and O–H groups in total. The molecule has 0 aliphatic carbocycles. The van der Waals surface area contributed by atoms with Crippen molar-refractivity contribution in [2.75, 3.05) is 19.8 Å². The Morgan fingerprint density at radius 2 is 2.11 bits per heavy atom. The molecule has 1 unspecified atom stereocenters. The Hall–Kier alpha value is -0.570. The molecule has 2 nitrogen and oxygen atoms in total. The van der Waals surface area contributed by atoms with Gasteiger partial charge in [0.25, 0.3) is 0 Å². The first-order valence-corrected chi connectivity index (χ1v) is 7.66. The van der Waals surface area contributed by atoms with E-state index in [4.69, 9.17) is 16.3 Å². The number of hydrogen-bond donors (Lipinski definition) is 1. The molecule has 19 heavy (non-hydrogen) atoms. The van der Waals surface area contributed by atoms with Gasteiger partial charge in [0, 0.05) is 24.3 Å². The first-order valence-electron chi connectivity index (χ1n) is 7.28. The van der Waals surface area contributed by atoms with Crippen LogP contribution < -0.4 is 5.32 Å². The normalized spacial score (nSPS) is 18.5. The van der Waals surface area contributed by atoms with Gasteiger partial charge in [-0.15, -0.1) is 0 Å². The molecule has 1 saturated heterocycles. The number of rotatable bonds is 5. The first kappa shape index (κ1) is 14.8. The van der Waals surface area contributed by atoms with E-state index in [0.717, 1.165) is 42.7 Å². The van der Waals surface area contributed by atoms with E-state index in [1.54, 1.807) is 0 Å². The van der Waals surface area contributed by atoms with E-state index in [1.165, 1.54) is 18.4 Å². The summed E-state index contributed by atoms with van der Waals surface area (Å²) in [5, 5.41) is 4.51. The molecule has 3 heteroatoms. The largest absolute Gasteiger partial charge is 0.381 e. The maximum atomic E-state index is 6.48. The monoisotopic (exact) mass is 281 g/mol. The second kappa shape index (κ2) is 7.28. The van der Waals surface area contributed by atoms with Gasteiger partial charge in [0.05, 0.1) is 0 Å². The molecule has 2 rings (SSSR count). The maximum absolute atomic E-state index is 6.48. The van der Waals surface area contributed by atoms with Crippen LogP contribution in [0.15, 0.2) is 18.2 Å². The van der Waals surface area contributed by atoms with Gasteiger partial charge in [-0.1, -0.05) is 36.7 Å². The predicted molar refractivity (Wildman–Crippen MR) is 80.8 cm³/mol. The molecule has 0 spiro atoms. The minimum atomic E-state index is 0.362. The van der Waals surface area contributed by atoms with Gasteiger partial charge in [-0.25, -0.2) is 0 Å². The van der Waals surface area contributed by atoms with Crippen molar-refractivity contribution in [3.63, 3.8) is 0 Å². The molecule has 106 valence electrons. The Bertz CT molecular complexity index is 402. The standard InChI is InChI=1S/C16H24ClNO/c1-3-18-15(11-13-7-9-19-10-8-13)14-6-4-5-12(2)16(14)17/h4-6,13,15,18H,3,7-11H2,1-2H3. The number of hydrogen-bond acceptors (Lipinski definition) is 2. The zero-order valence-corrected chi connectivity index (χ0v) is 12.7. The summed E-state index contributed by atoms with van der Waals surface area (Å²) in [4.78, 5) is 0. The number of aryl methyl sites for hydroxylation is 1. The smallest absolute Gasteiger partial charge is 0.0482 e. The highest BCUT2D eigenvalue weighted by atomic mass is 35.5. The Kier molecular flexibility index (Phi) is 5.68. The van der Waals surface area contributed by atoms with Crippen molar-refractivity contribution < 1.29 is 4.74 Å². The fourth-order valence-corrected chi connectivity index (χ4v) is 3.08. The summed E-state index contributed by atoms with van der Waals surface area (Å²) in [6.45, 7) is 7.01. The summed E-state index contributed by atoms with van der Waals surface area (Å²) in [5.41, 5.74) is 2.41. The predicted octanol–water partition coefficient (Wildman–Crippen LogP) is 4.12. The van der Waals surface area contributed by atoms with Crippen molar-refractivity contribution in [3.05, 3.63) is 34.3 Å². The van der Waals surface area contributed by atoms with E-state index >= 15 is 0 Å². The Balaban J connectivity index is 2.11. The van der Waals surface area contributed by atoms with E-state index in [2.05, 4.69) is 37.4 Å².